The minimum Gasteiger partial charge on any atom is -0.336 e. The maximum Gasteiger partial charge on any atom is 0.396 e. The normalized spacial score (nSPS) is 26.9. The first kappa shape index (κ1) is 16.4. The lowest BCUT2D eigenvalue weighted by Crippen LogP contribution is -2.50. The molecule has 4 heterocycles. The predicted molar refractivity (Wildman–Crippen MR) is 84.8 cm³/mol. The number of rotatable bonds is 1. The highest BCUT2D eigenvalue weighted by atomic mass is 19.4. The summed E-state index contributed by atoms with van der Waals surface area (Å²) in [6, 6.07) is 5.64. The summed E-state index contributed by atoms with van der Waals surface area (Å²) >= 11 is 0. The minimum atomic E-state index is -4.42. The Bertz CT molecular complexity index is 831. The Labute approximate surface area is 142 Å². The fraction of sp³-hybridized carbons (Fsp3) is 0.529. The van der Waals surface area contributed by atoms with Crippen molar-refractivity contribution in [3.8, 4) is 0 Å². The van der Waals surface area contributed by atoms with Gasteiger partial charge in [-0.15, -0.1) is 0 Å². The van der Waals surface area contributed by atoms with E-state index in [2.05, 4.69) is 10.3 Å². The monoisotopic (exact) mass is 352 g/mol. The number of carbonyl (C=O) groups is 1. The van der Waals surface area contributed by atoms with Crippen LogP contribution in [-0.2, 0) is 17.8 Å². The number of imidazole rings is 1. The van der Waals surface area contributed by atoms with Gasteiger partial charge in [0.05, 0.1) is 29.3 Å². The summed E-state index contributed by atoms with van der Waals surface area (Å²) < 4.78 is 42.4. The zero-order valence-corrected chi connectivity index (χ0v) is 13.8. The first-order valence-corrected chi connectivity index (χ1v) is 8.32. The van der Waals surface area contributed by atoms with Crippen molar-refractivity contribution in [3.05, 3.63) is 35.8 Å². The van der Waals surface area contributed by atoms with Crippen molar-refractivity contribution in [1.82, 2.24) is 19.6 Å². The molecular weight excluding hydrogens is 333 g/mol. The summed E-state index contributed by atoms with van der Waals surface area (Å²) in [4.78, 5) is 19.0. The second-order valence-corrected chi connectivity index (χ2v) is 7.04. The molecule has 1 N–H and O–H groups in total. The standard InChI is InChI=1S/C17H19F3N4O/c1-16(17(18,19)20)10-21-8-11(16)15(25)23-7-5-12-13(9-23)24-6-3-2-4-14(24)22-12/h2-4,6,11,21H,5,7-10H2,1H3. The third-order valence-electron chi connectivity index (χ3n) is 5.54. The van der Waals surface area contributed by atoms with Gasteiger partial charge in [0.2, 0.25) is 5.91 Å². The molecule has 2 unspecified atom stereocenters. The molecule has 1 amide bonds. The molecule has 0 aliphatic carbocycles. The summed E-state index contributed by atoms with van der Waals surface area (Å²) in [6.45, 7) is 1.68. The number of hydrogen-bond donors (Lipinski definition) is 1. The van der Waals surface area contributed by atoms with Gasteiger partial charge in [0.1, 0.15) is 5.65 Å². The summed E-state index contributed by atoms with van der Waals surface area (Å²) in [6.07, 6.45) is -1.99. The van der Waals surface area contributed by atoms with Crippen LogP contribution in [0.4, 0.5) is 13.2 Å². The van der Waals surface area contributed by atoms with Crippen molar-refractivity contribution in [2.45, 2.75) is 26.1 Å². The Morgan fingerprint density at radius 2 is 2.20 bits per heavy atom. The van der Waals surface area contributed by atoms with Crippen molar-refractivity contribution in [2.75, 3.05) is 19.6 Å². The molecule has 0 saturated carbocycles. The smallest absolute Gasteiger partial charge is 0.336 e. The highest BCUT2D eigenvalue weighted by Crippen LogP contribution is 2.46. The van der Waals surface area contributed by atoms with Crippen LogP contribution in [-0.4, -0.2) is 46.0 Å². The molecule has 0 bridgehead atoms. The van der Waals surface area contributed by atoms with Crippen LogP contribution in [0.5, 0.6) is 0 Å². The Morgan fingerprint density at radius 1 is 1.40 bits per heavy atom. The number of aromatic nitrogens is 2. The number of hydrogen-bond acceptors (Lipinski definition) is 3. The number of fused-ring (bicyclic) bond motifs is 3. The average molecular weight is 352 g/mol. The van der Waals surface area contributed by atoms with E-state index >= 15 is 0 Å². The van der Waals surface area contributed by atoms with Gasteiger partial charge in [0, 0.05) is 32.3 Å². The maximum absolute atomic E-state index is 13.5. The van der Waals surface area contributed by atoms with Gasteiger partial charge in [-0.25, -0.2) is 4.98 Å². The van der Waals surface area contributed by atoms with E-state index in [1.54, 1.807) is 4.90 Å². The fourth-order valence-corrected chi connectivity index (χ4v) is 3.85. The molecule has 0 spiro atoms. The highest BCUT2D eigenvalue weighted by Gasteiger charge is 2.60. The molecule has 4 rings (SSSR count). The summed E-state index contributed by atoms with van der Waals surface area (Å²) in [7, 11) is 0. The molecule has 0 aromatic carbocycles. The number of carbonyl (C=O) groups excluding carboxylic acids is 1. The summed E-state index contributed by atoms with van der Waals surface area (Å²) in [5.41, 5.74) is 0.571. The molecule has 25 heavy (non-hydrogen) atoms. The molecule has 5 nitrogen and oxygen atoms in total. The summed E-state index contributed by atoms with van der Waals surface area (Å²) in [5, 5.41) is 2.75. The minimum absolute atomic E-state index is 0.0609. The van der Waals surface area contributed by atoms with Crippen LogP contribution in [0.15, 0.2) is 24.4 Å². The Hall–Kier alpha value is -2.09. The highest BCUT2D eigenvalue weighted by molar-refractivity contribution is 5.81. The number of amides is 1. The topological polar surface area (TPSA) is 49.6 Å². The first-order chi connectivity index (χ1) is 11.8. The molecule has 8 heteroatoms. The molecule has 2 atom stereocenters. The van der Waals surface area contributed by atoms with Crippen molar-refractivity contribution in [3.63, 3.8) is 0 Å². The van der Waals surface area contributed by atoms with Crippen LogP contribution in [0, 0.1) is 11.3 Å². The molecule has 134 valence electrons. The predicted octanol–water partition coefficient (Wildman–Crippen LogP) is 2.01. The average Bonchev–Trinajstić information content (AvgIpc) is 3.14. The van der Waals surface area contributed by atoms with E-state index < -0.39 is 23.4 Å². The summed E-state index contributed by atoms with van der Waals surface area (Å²) in [5.74, 6) is -1.52. The number of nitrogens with zero attached hydrogens (tertiary/aromatic N) is 3. The lowest BCUT2D eigenvalue weighted by Gasteiger charge is -2.36. The van der Waals surface area contributed by atoms with Gasteiger partial charge in [-0.1, -0.05) is 6.07 Å². The Kier molecular flexibility index (Phi) is 3.57. The second kappa shape index (κ2) is 5.45. The van der Waals surface area contributed by atoms with Gasteiger partial charge in [0.25, 0.3) is 0 Å². The van der Waals surface area contributed by atoms with Gasteiger partial charge < -0.3 is 14.6 Å². The van der Waals surface area contributed by atoms with E-state index in [-0.39, 0.29) is 13.1 Å². The first-order valence-electron chi connectivity index (χ1n) is 8.32. The SMILES string of the molecule is CC1(C(F)(F)F)CNCC1C(=O)N1CCc2nc3ccccn3c2C1. The van der Waals surface area contributed by atoms with E-state index in [4.69, 9.17) is 0 Å². The third-order valence-corrected chi connectivity index (χ3v) is 5.54. The third kappa shape index (κ3) is 2.42. The zero-order valence-electron chi connectivity index (χ0n) is 13.8. The van der Waals surface area contributed by atoms with E-state index in [0.29, 0.717) is 19.5 Å². The van der Waals surface area contributed by atoms with Gasteiger partial charge in [-0.3, -0.25) is 4.79 Å². The lowest BCUT2D eigenvalue weighted by atomic mass is 9.78. The van der Waals surface area contributed by atoms with Gasteiger partial charge in [-0.2, -0.15) is 13.2 Å². The Balaban J connectivity index is 1.62. The number of halogens is 3. The second-order valence-electron chi connectivity index (χ2n) is 7.04. The van der Waals surface area contributed by atoms with E-state index in [0.717, 1.165) is 24.0 Å². The largest absolute Gasteiger partial charge is 0.396 e. The molecule has 2 aromatic rings. The van der Waals surface area contributed by atoms with Crippen LogP contribution >= 0.6 is 0 Å². The van der Waals surface area contributed by atoms with Gasteiger partial charge in [-0.05, 0) is 19.1 Å². The van der Waals surface area contributed by atoms with Gasteiger partial charge >= 0.3 is 6.18 Å². The van der Waals surface area contributed by atoms with Crippen LogP contribution < -0.4 is 5.32 Å². The quantitative estimate of drug-likeness (QED) is 0.854. The Morgan fingerprint density at radius 3 is 2.96 bits per heavy atom. The number of alkyl halides is 3. The van der Waals surface area contributed by atoms with Gasteiger partial charge in [0.15, 0.2) is 0 Å². The van der Waals surface area contributed by atoms with Crippen molar-refractivity contribution in [2.24, 2.45) is 11.3 Å². The molecule has 2 aliphatic rings. The van der Waals surface area contributed by atoms with Crippen molar-refractivity contribution >= 4 is 11.6 Å². The molecular formula is C17H19F3N4O. The van der Waals surface area contributed by atoms with Crippen LogP contribution in [0.2, 0.25) is 0 Å². The molecule has 0 radical (unpaired) electrons. The van der Waals surface area contributed by atoms with E-state index in [1.807, 2.05) is 28.8 Å². The van der Waals surface area contributed by atoms with Crippen molar-refractivity contribution in [1.29, 1.82) is 0 Å². The fourth-order valence-electron chi connectivity index (χ4n) is 3.85. The molecule has 1 fully saturated rings. The molecule has 2 aromatic heterocycles. The zero-order chi connectivity index (χ0) is 17.8. The van der Waals surface area contributed by atoms with Crippen molar-refractivity contribution < 1.29 is 18.0 Å². The van der Waals surface area contributed by atoms with Crippen LogP contribution in [0.25, 0.3) is 5.65 Å². The molecule has 1 saturated heterocycles. The number of nitrogens with one attached hydrogen (secondary N) is 1. The number of pyridine rings is 1. The van der Waals surface area contributed by atoms with E-state index in [1.165, 1.54) is 0 Å². The maximum atomic E-state index is 13.5. The molecule has 2 aliphatic heterocycles. The van der Waals surface area contributed by atoms with Crippen LogP contribution in [0.1, 0.15) is 18.3 Å². The van der Waals surface area contributed by atoms with Crippen LogP contribution in [0.3, 0.4) is 0 Å². The van der Waals surface area contributed by atoms with E-state index in [9.17, 15) is 18.0 Å². The lowest BCUT2D eigenvalue weighted by molar-refractivity contribution is -0.225.